The zero-order chi connectivity index (χ0) is 8.97. The van der Waals surface area contributed by atoms with Crippen molar-refractivity contribution in [3.8, 4) is 0 Å². The first-order chi connectivity index (χ1) is 5.72. The van der Waals surface area contributed by atoms with E-state index in [9.17, 15) is 9.18 Å². The molecule has 1 rings (SSSR count). The van der Waals surface area contributed by atoms with Crippen LogP contribution in [0, 0.1) is 0 Å². The number of halogens is 1. The van der Waals surface area contributed by atoms with Gasteiger partial charge in [-0.1, -0.05) is 0 Å². The van der Waals surface area contributed by atoms with E-state index >= 15 is 0 Å². The average molecular weight is 176 g/mol. The molecule has 0 bridgehead atoms. The fraction of sp³-hybridized carbons (Fsp3) is 0.875. The summed E-state index contributed by atoms with van der Waals surface area (Å²) >= 11 is 0. The maximum Gasteiger partial charge on any atom is 0.304 e. The van der Waals surface area contributed by atoms with Crippen molar-refractivity contribution in [2.75, 3.05) is 6.67 Å². The van der Waals surface area contributed by atoms with Crippen molar-refractivity contribution in [1.82, 2.24) is 0 Å². The van der Waals surface area contributed by atoms with E-state index in [2.05, 4.69) is 0 Å². The highest BCUT2D eigenvalue weighted by Crippen LogP contribution is 2.22. The molecule has 2 unspecified atom stereocenters. The van der Waals surface area contributed by atoms with Gasteiger partial charge in [-0.05, 0) is 6.42 Å². The standard InChI is InChI=1S/C8H13FO3/c1-6(10)11-8-3-2-7(12-8)4-5-9/h7-8H,2-5H2,1H3. The van der Waals surface area contributed by atoms with Crippen LogP contribution in [0.25, 0.3) is 0 Å². The van der Waals surface area contributed by atoms with Crippen LogP contribution in [0.1, 0.15) is 26.2 Å². The molecule has 0 N–H and O–H groups in total. The minimum Gasteiger partial charge on any atom is -0.436 e. The largest absolute Gasteiger partial charge is 0.436 e. The summed E-state index contributed by atoms with van der Waals surface area (Å²) in [5.41, 5.74) is 0. The molecule has 0 aromatic rings. The smallest absolute Gasteiger partial charge is 0.304 e. The highest BCUT2D eigenvalue weighted by Gasteiger charge is 2.26. The second kappa shape index (κ2) is 4.40. The van der Waals surface area contributed by atoms with Gasteiger partial charge in [-0.2, -0.15) is 0 Å². The molecule has 1 aliphatic rings. The van der Waals surface area contributed by atoms with Crippen LogP contribution in [0.5, 0.6) is 0 Å². The Hall–Kier alpha value is -0.640. The van der Waals surface area contributed by atoms with E-state index in [-0.39, 0.29) is 18.7 Å². The minimum absolute atomic E-state index is 0.0700. The highest BCUT2D eigenvalue weighted by atomic mass is 19.1. The van der Waals surface area contributed by atoms with Crippen molar-refractivity contribution in [3.05, 3.63) is 0 Å². The van der Waals surface area contributed by atoms with Crippen LogP contribution < -0.4 is 0 Å². The fourth-order valence-electron chi connectivity index (χ4n) is 1.28. The Morgan fingerprint density at radius 1 is 1.67 bits per heavy atom. The van der Waals surface area contributed by atoms with E-state index in [1.54, 1.807) is 0 Å². The van der Waals surface area contributed by atoms with Crippen LogP contribution in [-0.2, 0) is 14.3 Å². The Bertz CT molecular complexity index is 160. The summed E-state index contributed by atoms with van der Waals surface area (Å²) in [5, 5.41) is 0. The predicted octanol–water partition coefficient (Wildman–Crippen LogP) is 1.41. The molecule has 0 spiro atoms. The molecule has 70 valence electrons. The van der Waals surface area contributed by atoms with Gasteiger partial charge in [0.2, 0.25) is 6.29 Å². The third-order valence-electron chi connectivity index (χ3n) is 1.80. The Labute approximate surface area is 70.8 Å². The van der Waals surface area contributed by atoms with Gasteiger partial charge in [-0.3, -0.25) is 9.18 Å². The van der Waals surface area contributed by atoms with Crippen molar-refractivity contribution >= 4 is 5.97 Å². The van der Waals surface area contributed by atoms with E-state index in [0.717, 1.165) is 6.42 Å². The molecule has 1 aliphatic heterocycles. The third kappa shape index (κ3) is 2.77. The summed E-state index contributed by atoms with van der Waals surface area (Å²) in [4.78, 5) is 10.5. The Morgan fingerprint density at radius 2 is 2.42 bits per heavy atom. The monoisotopic (exact) mass is 176 g/mol. The van der Waals surface area contributed by atoms with E-state index in [1.165, 1.54) is 6.92 Å². The van der Waals surface area contributed by atoms with E-state index in [1.807, 2.05) is 0 Å². The lowest BCUT2D eigenvalue weighted by Crippen LogP contribution is -2.17. The number of carbonyl (C=O) groups is 1. The summed E-state index contributed by atoms with van der Waals surface area (Å²) in [6, 6.07) is 0. The van der Waals surface area contributed by atoms with E-state index in [4.69, 9.17) is 9.47 Å². The van der Waals surface area contributed by atoms with E-state index < -0.39 is 6.29 Å². The first-order valence-electron chi connectivity index (χ1n) is 4.11. The number of rotatable bonds is 3. The molecule has 0 amide bonds. The molecule has 0 saturated carbocycles. The maximum atomic E-state index is 11.8. The molecule has 0 radical (unpaired) electrons. The van der Waals surface area contributed by atoms with Gasteiger partial charge in [0.25, 0.3) is 0 Å². The second-order valence-electron chi connectivity index (χ2n) is 2.85. The van der Waals surface area contributed by atoms with Crippen LogP contribution >= 0.6 is 0 Å². The normalized spacial score (nSPS) is 28.8. The third-order valence-corrected chi connectivity index (χ3v) is 1.80. The molecule has 0 aromatic carbocycles. The van der Waals surface area contributed by atoms with Crippen LogP contribution in [0.4, 0.5) is 4.39 Å². The Balaban J connectivity index is 2.21. The zero-order valence-electron chi connectivity index (χ0n) is 7.09. The molecular formula is C8H13FO3. The lowest BCUT2D eigenvalue weighted by Gasteiger charge is -2.11. The molecule has 12 heavy (non-hydrogen) atoms. The molecule has 0 aliphatic carbocycles. The van der Waals surface area contributed by atoms with Gasteiger partial charge in [0.15, 0.2) is 0 Å². The summed E-state index contributed by atoms with van der Waals surface area (Å²) in [6.45, 7) is 0.962. The van der Waals surface area contributed by atoms with Gasteiger partial charge in [0, 0.05) is 19.8 Å². The molecule has 3 nitrogen and oxygen atoms in total. The first kappa shape index (κ1) is 9.45. The van der Waals surface area contributed by atoms with Gasteiger partial charge in [-0.25, -0.2) is 0 Å². The lowest BCUT2D eigenvalue weighted by atomic mass is 10.2. The van der Waals surface area contributed by atoms with Crippen LogP contribution in [0.15, 0.2) is 0 Å². The summed E-state index contributed by atoms with van der Waals surface area (Å²) in [6.07, 6.45) is 1.35. The second-order valence-corrected chi connectivity index (χ2v) is 2.85. The van der Waals surface area contributed by atoms with Gasteiger partial charge < -0.3 is 9.47 Å². The van der Waals surface area contributed by atoms with Crippen molar-refractivity contribution < 1.29 is 18.7 Å². The Morgan fingerprint density at radius 3 is 3.00 bits per heavy atom. The number of carbonyl (C=O) groups excluding carboxylic acids is 1. The van der Waals surface area contributed by atoms with Gasteiger partial charge in [0.05, 0.1) is 12.8 Å². The molecule has 2 atom stereocenters. The van der Waals surface area contributed by atoms with Crippen LogP contribution in [-0.4, -0.2) is 25.0 Å². The lowest BCUT2D eigenvalue weighted by molar-refractivity contribution is -0.173. The molecule has 0 aromatic heterocycles. The topological polar surface area (TPSA) is 35.5 Å². The van der Waals surface area contributed by atoms with E-state index in [0.29, 0.717) is 12.8 Å². The van der Waals surface area contributed by atoms with Crippen LogP contribution in [0.2, 0.25) is 0 Å². The fourth-order valence-corrected chi connectivity index (χ4v) is 1.28. The van der Waals surface area contributed by atoms with Crippen molar-refractivity contribution in [1.29, 1.82) is 0 Å². The quantitative estimate of drug-likeness (QED) is 0.610. The molecule has 1 saturated heterocycles. The van der Waals surface area contributed by atoms with Crippen molar-refractivity contribution in [3.63, 3.8) is 0 Å². The summed E-state index contributed by atoms with van der Waals surface area (Å²) in [7, 11) is 0. The molecular weight excluding hydrogens is 163 g/mol. The molecule has 1 fully saturated rings. The summed E-state index contributed by atoms with van der Waals surface area (Å²) < 4.78 is 21.9. The van der Waals surface area contributed by atoms with Gasteiger partial charge in [0.1, 0.15) is 0 Å². The molecule has 4 heteroatoms. The number of alkyl halides is 1. The van der Waals surface area contributed by atoms with Crippen LogP contribution in [0.3, 0.4) is 0 Å². The molecule has 1 heterocycles. The number of esters is 1. The number of hydrogen-bond acceptors (Lipinski definition) is 3. The SMILES string of the molecule is CC(=O)OC1CCC(CCF)O1. The minimum atomic E-state index is -0.445. The number of hydrogen-bond donors (Lipinski definition) is 0. The Kier molecular flexibility index (Phi) is 3.47. The number of ether oxygens (including phenoxy) is 2. The van der Waals surface area contributed by atoms with Gasteiger partial charge >= 0.3 is 5.97 Å². The average Bonchev–Trinajstić information content (AvgIpc) is 2.36. The first-order valence-corrected chi connectivity index (χ1v) is 4.11. The summed E-state index contributed by atoms with van der Waals surface area (Å²) in [5.74, 6) is -0.346. The zero-order valence-corrected chi connectivity index (χ0v) is 7.09. The highest BCUT2D eigenvalue weighted by molar-refractivity contribution is 5.66. The van der Waals surface area contributed by atoms with Crippen molar-refractivity contribution in [2.45, 2.75) is 38.6 Å². The predicted molar refractivity (Wildman–Crippen MR) is 40.3 cm³/mol. The van der Waals surface area contributed by atoms with Gasteiger partial charge in [-0.15, -0.1) is 0 Å². The maximum absolute atomic E-state index is 11.8. The van der Waals surface area contributed by atoms with Crippen molar-refractivity contribution in [2.24, 2.45) is 0 Å².